The minimum Gasteiger partial charge on any atom is -0.503 e. The molecule has 0 amide bonds. The SMILES string of the molecule is CCC(=O)O.NCc1nocc1O. The first-order valence-corrected chi connectivity index (χ1v) is 3.65. The molecule has 0 saturated heterocycles. The zero-order chi connectivity index (χ0) is 10.3. The average Bonchev–Trinajstić information content (AvgIpc) is 2.52. The van der Waals surface area contributed by atoms with Crippen molar-refractivity contribution in [1.82, 2.24) is 5.16 Å². The van der Waals surface area contributed by atoms with Gasteiger partial charge in [0.05, 0.1) is 0 Å². The molecule has 1 aromatic heterocycles. The molecular formula is C7H12N2O4. The third kappa shape index (κ3) is 4.81. The summed E-state index contributed by atoms with van der Waals surface area (Å²) >= 11 is 0. The number of carbonyl (C=O) groups is 1. The summed E-state index contributed by atoms with van der Waals surface area (Å²) in [7, 11) is 0. The minimum absolute atomic E-state index is 0.0208. The molecule has 74 valence electrons. The molecule has 0 saturated carbocycles. The lowest BCUT2D eigenvalue weighted by Crippen LogP contribution is -1.95. The van der Waals surface area contributed by atoms with E-state index in [9.17, 15) is 4.79 Å². The van der Waals surface area contributed by atoms with Crippen molar-refractivity contribution in [2.45, 2.75) is 19.9 Å². The van der Waals surface area contributed by atoms with E-state index in [1.54, 1.807) is 6.92 Å². The molecule has 1 rings (SSSR count). The van der Waals surface area contributed by atoms with Crippen molar-refractivity contribution in [2.24, 2.45) is 5.73 Å². The highest BCUT2D eigenvalue weighted by atomic mass is 16.5. The van der Waals surface area contributed by atoms with Crippen LogP contribution >= 0.6 is 0 Å². The second-order valence-corrected chi connectivity index (χ2v) is 2.10. The van der Waals surface area contributed by atoms with Gasteiger partial charge < -0.3 is 20.5 Å². The molecule has 4 N–H and O–H groups in total. The molecule has 0 aliphatic heterocycles. The van der Waals surface area contributed by atoms with Gasteiger partial charge in [-0.2, -0.15) is 0 Å². The van der Waals surface area contributed by atoms with Crippen molar-refractivity contribution >= 4 is 5.97 Å². The topological polar surface area (TPSA) is 110 Å². The Bertz CT molecular complexity index is 259. The monoisotopic (exact) mass is 188 g/mol. The van der Waals surface area contributed by atoms with Crippen LogP contribution in [-0.2, 0) is 11.3 Å². The predicted molar refractivity (Wildman–Crippen MR) is 44.0 cm³/mol. The van der Waals surface area contributed by atoms with Crippen molar-refractivity contribution in [2.75, 3.05) is 0 Å². The van der Waals surface area contributed by atoms with E-state index in [0.29, 0.717) is 5.69 Å². The highest BCUT2D eigenvalue weighted by molar-refractivity contribution is 5.66. The summed E-state index contributed by atoms with van der Waals surface area (Å²) < 4.78 is 4.36. The predicted octanol–water partition coefficient (Wildman–Crippen LogP) is 0.320. The number of carboxylic acid groups (broad SMARTS) is 1. The molecule has 0 aromatic carbocycles. The Hall–Kier alpha value is -1.56. The average molecular weight is 188 g/mol. The molecule has 0 aliphatic rings. The minimum atomic E-state index is -0.745. The van der Waals surface area contributed by atoms with Crippen molar-refractivity contribution in [3.8, 4) is 5.75 Å². The summed E-state index contributed by atoms with van der Waals surface area (Å²) in [5.41, 5.74) is 5.51. The number of nitrogens with zero attached hydrogens (tertiary/aromatic N) is 1. The smallest absolute Gasteiger partial charge is 0.303 e. The zero-order valence-electron chi connectivity index (χ0n) is 7.23. The molecule has 1 aromatic rings. The highest BCUT2D eigenvalue weighted by Gasteiger charge is 2.00. The van der Waals surface area contributed by atoms with E-state index in [4.69, 9.17) is 15.9 Å². The quantitative estimate of drug-likeness (QED) is 0.616. The van der Waals surface area contributed by atoms with Crippen molar-refractivity contribution in [3.05, 3.63) is 12.0 Å². The van der Waals surface area contributed by atoms with Crippen LogP contribution in [0.25, 0.3) is 0 Å². The van der Waals surface area contributed by atoms with Gasteiger partial charge in [0.2, 0.25) is 0 Å². The van der Waals surface area contributed by atoms with Gasteiger partial charge in [0.1, 0.15) is 5.69 Å². The van der Waals surface area contributed by atoms with Crippen LogP contribution in [0.5, 0.6) is 5.75 Å². The van der Waals surface area contributed by atoms with E-state index in [1.165, 1.54) is 0 Å². The Morgan fingerprint density at radius 1 is 1.77 bits per heavy atom. The van der Waals surface area contributed by atoms with Crippen LogP contribution in [0.1, 0.15) is 19.0 Å². The fourth-order valence-electron chi connectivity index (χ4n) is 0.397. The number of rotatable bonds is 2. The van der Waals surface area contributed by atoms with Crippen LogP contribution in [0.4, 0.5) is 0 Å². The molecule has 0 spiro atoms. The van der Waals surface area contributed by atoms with Gasteiger partial charge in [-0.25, -0.2) is 0 Å². The van der Waals surface area contributed by atoms with Crippen molar-refractivity contribution < 1.29 is 19.5 Å². The second-order valence-electron chi connectivity index (χ2n) is 2.10. The summed E-state index contributed by atoms with van der Waals surface area (Å²) in [4.78, 5) is 9.37. The van der Waals surface area contributed by atoms with E-state index < -0.39 is 5.97 Å². The summed E-state index contributed by atoms with van der Waals surface area (Å²) in [5.74, 6) is -0.725. The fraction of sp³-hybridized carbons (Fsp3) is 0.429. The molecule has 0 atom stereocenters. The molecule has 6 nitrogen and oxygen atoms in total. The zero-order valence-corrected chi connectivity index (χ0v) is 7.23. The van der Waals surface area contributed by atoms with Gasteiger partial charge in [-0.1, -0.05) is 12.1 Å². The Kier molecular flexibility index (Phi) is 5.29. The molecule has 0 unspecified atom stereocenters. The van der Waals surface area contributed by atoms with E-state index in [1.807, 2.05) is 0 Å². The maximum absolute atomic E-state index is 9.37. The van der Waals surface area contributed by atoms with Gasteiger partial charge in [0, 0.05) is 13.0 Å². The van der Waals surface area contributed by atoms with Crippen LogP contribution in [0.3, 0.4) is 0 Å². The van der Waals surface area contributed by atoms with Crippen LogP contribution in [0.15, 0.2) is 10.8 Å². The van der Waals surface area contributed by atoms with Gasteiger partial charge in [0.15, 0.2) is 12.0 Å². The van der Waals surface area contributed by atoms with E-state index >= 15 is 0 Å². The Balaban J connectivity index is 0.000000252. The highest BCUT2D eigenvalue weighted by Crippen LogP contribution is 2.11. The molecular weight excluding hydrogens is 176 g/mol. The molecule has 0 aliphatic carbocycles. The second kappa shape index (κ2) is 6.01. The summed E-state index contributed by atoms with van der Waals surface area (Å²) in [6.07, 6.45) is 1.36. The van der Waals surface area contributed by atoms with Crippen LogP contribution in [0, 0.1) is 0 Å². The molecule has 0 radical (unpaired) electrons. The van der Waals surface area contributed by atoms with Crippen molar-refractivity contribution in [1.29, 1.82) is 0 Å². The Morgan fingerprint density at radius 2 is 2.31 bits per heavy atom. The number of aliphatic carboxylic acids is 1. The molecule has 0 fully saturated rings. The number of aromatic hydroxyl groups is 1. The summed E-state index contributed by atoms with van der Waals surface area (Å²) in [6.45, 7) is 1.81. The standard InChI is InChI=1S/C4H6N2O2.C3H6O2/c5-1-3-4(7)2-8-6-3;1-2-3(4)5/h2,7H,1,5H2;2H2,1H3,(H,4,5). The van der Waals surface area contributed by atoms with Crippen LogP contribution in [0.2, 0.25) is 0 Å². The molecule has 1 heterocycles. The number of hydrogen-bond donors (Lipinski definition) is 3. The Morgan fingerprint density at radius 3 is 2.46 bits per heavy atom. The van der Waals surface area contributed by atoms with Crippen LogP contribution in [-0.4, -0.2) is 21.3 Å². The van der Waals surface area contributed by atoms with Crippen molar-refractivity contribution in [3.63, 3.8) is 0 Å². The molecule has 6 heteroatoms. The van der Waals surface area contributed by atoms with Crippen LogP contribution < -0.4 is 5.73 Å². The third-order valence-corrected chi connectivity index (χ3v) is 1.12. The lowest BCUT2D eigenvalue weighted by Gasteiger charge is -1.82. The first-order valence-electron chi connectivity index (χ1n) is 3.65. The van der Waals surface area contributed by atoms with Gasteiger partial charge in [-0.05, 0) is 0 Å². The largest absolute Gasteiger partial charge is 0.503 e. The Labute approximate surface area is 75.0 Å². The lowest BCUT2D eigenvalue weighted by molar-refractivity contribution is -0.136. The summed E-state index contributed by atoms with van der Waals surface area (Å²) in [5, 5.41) is 19.8. The summed E-state index contributed by atoms with van der Waals surface area (Å²) in [6, 6.07) is 0. The normalized spacial score (nSPS) is 8.77. The van der Waals surface area contributed by atoms with E-state index in [-0.39, 0.29) is 18.7 Å². The van der Waals surface area contributed by atoms with E-state index in [0.717, 1.165) is 6.26 Å². The first-order chi connectivity index (χ1) is 6.11. The maximum Gasteiger partial charge on any atom is 0.303 e. The van der Waals surface area contributed by atoms with Gasteiger partial charge >= 0.3 is 5.97 Å². The van der Waals surface area contributed by atoms with Gasteiger partial charge in [-0.3, -0.25) is 4.79 Å². The molecule has 0 bridgehead atoms. The molecule has 13 heavy (non-hydrogen) atoms. The maximum atomic E-state index is 9.37. The number of hydrogen-bond acceptors (Lipinski definition) is 5. The fourth-order valence-corrected chi connectivity index (χ4v) is 0.397. The van der Waals surface area contributed by atoms with Gasteiger partial charge in [-0.15, -0.1) is 0 Å². The first kappa shape index (κ1) is 11.4. The lowest BCUT2D eigenvalue weighted by atomic mass is 10.4. The van der Waals surface area contributed by atoms with E-state index in [2.05, 4.69) is 9.68 Å². The third-order valence-electron chi connectivity index (χ3n) is 1.12. The van der Waals surface area contributed by atoms with Gasteiger partial charge in [0.25, 0.3) is 0 Å². The number of carboxylic acids is 1. The number of nitrogens with two attached hydrogens (primary N) is 1. The number of aromatic nitrogens is 1.